The van der Waals surface area contributed by atoms with E-state index in [4.69, 9.17) is 16.3 Å². The van der Waals surface area contributed by atoms with Gasteiger partial charge in [0.05, 0.1) is 6.61 Å². The van der Waals surface area contributed by atoms with Crippen LogP contribution in [0.25, 0.3) is 0 Å². The van der Waals surface area contributed by atoms with Gasteiger partial charge in [-0.1, -0.05) is 6.92 Å². The van der Waals surface area contributed by atoms with Crippen molar-refractivity contribution in [1.82, 2.24) is 9.97 Å². The highest BCUT2D eigenvalue weighted by molar-refractivity contribution is 6.28. The van der Waals surface area contributed by atoms with E-state index in [9.17, 15) is 0 Å². The minimum absolute atomic E-state index is 0.297. The lowest BCUT2D eigenvalue weighted by Crippen LogP contribution is -2.36. The number of methoxy groups -OCH3 is 1. The maximum atomic E-state index is 5.90. The predicted molar refractivity (Wildman–Crippen MR) is 70.8 cm³/mol. The lowest BCUT2D eigenvalue weighted by Gasteiger charge is -2.29. The molecule has 1 rings (SSSR count). The predicted octanol–water partition coefficient (Wildman–Crippen LogP) is 2.69. The smallest absolute Gasteiger partial charge is 0.224 e. The first kappa shape index (κ1) is 14.2. The number of hydrogen-bond acceptors (Lipinski definition) is 4. The van der Waals surface area contributed by atoms with Crippen LogP contribution in [0.3, 0.4) is 0 Å². The average molecular weight is 258 g/mol. The molecule has 1 atom stereocenters. The molecule has 5 heteroatoms. The second-order valence-corrected chi connectivity index (χ2v) is 4.42. The molecule has 0 bridgehead atoms. The molecule has 0 amide bonds. The Hall–Kier alpha value is -0.870. The van der Waals surface area contributed by atoms with Gasteiger partial charge in [-0.15, -0.1) is 0 Å². The second-order valence-electron chi connectivity index (χ2n) is 4.08. The third-order valence-electron chi connectivity index (χ3n) is 2.77. The van der Waals surface area contributed by atoms with E-state index in [-0.39, 0.29) is 0 Å². The number of halogens is 1. The average Bonchev–Trinajstić information content (AvgIpc) is 2.28. The van der Waals surface area contributed by atoms with E-state index in [1.165, 1.54) is 0 Å². The fourth-order valence-corrected chi connectivity index (χ4v) is 1.85. The van der Waals surface area contributed by atoms with Crippen LogP contribution in [0.15, 0.2) is 6.07 Å². The van der Waals surface area contributed by atoms with Crippen LogP contribution >= 0.6 is 11.6 Å². The van der Waals surface area contributed by atoms with Crippen molar-refractivity contribution in [2.75, 3.05) is 25.2 Å². The quantitative estimate of drug-likeness (QED) is 0.735. The van der Waals surface area contributed by atoms with E-state index < -0.39 is 0 Å². The molecule has 0 N–H and O–H groups in total. The highest BCUT2D eigenvalue weighted by atomic mass is 35.5. The van der Waals surface area contributed by atoms with Gasteiger partial charge < -0.3 is 9.64 Å². The van der Waals surface area contributed by atoms with Crippen molar-refractivity contribution < 1.29 is 4.74 Å². The number of anilines is 1. The molecule has 0 saturated heterocycles. The van der Waals surface area contributed by atoms with Gasteiger partial charge in [0.2, 0.25) is 5.28 Å². The normalized spacial score (nSPS) is 12.5. The molecule has 4 nitrogen and oxygen atoms in total. The van der Waals surface area contributed by atoms with Crippen LogP contribution in [0.5, 0.6) is 0 Å². The van der Waals surface area contributed by atoms with E-state index in [2.05, 4.69) is 28.7 Å². The Kier molecular flexibility index (Phi) is 5.65. The Morgan fingerprint density at radius 1 is 1.47 bits per heavy atom. The summed E-state index contributed by atoms with van der Waals surface area (Å²) in [6.07, 6.45) is 1.05. The van der Waals surface area contributed by atoms with Gasteiger partial charge in [0.1, 0.15) is 5.82 Å². The van der Waals surface area contributed by atoms with Gasteiger partial charge in [0, 0.05) is 31.5 Å². The molecule has 1 unspecified atom stereocenters. The SMILES string of the molecule is CCC(C)N(CCOC)c1cc(C)nc(Cl)n1. The zero-order valence-corrected chi connectivity index (χ0v) is 11.7. The molecular weight excluding hydrogens is 238 g/mol. The van der Waals surface area contributed by atoms with Gasteiger partial charge >= 0.3 is 0 Å². The van der Waals surface area contributed by atoms with Gasteiger partial charge in [-0.25, -0.2) is 9.97 Å². The standard InChI is InChI=1S/C12H20ClN3O/c1-5-10(3)16(6-7-17-4)11-8-9(2)14-12(13)15-11/h8,10H,5-7H2,1-4H3. The van der Waals surface area contributed by atoms with Crippen molar-refractivity contribution >= 4 is 17.4 Å². The topological polar surface area (TPSA) is 38.2 Å². The molecule has 17 heavy (non-hydrogen) atoms. The summed E-state index contributed by atoms with van der Waals surface area (Å²) in [6.45, 7) is 7.71. The summed E-state index contributed by atoms with van der Waals surface area (Å²) in [5, 5.41) is 0.297. The molecule has 1 aromatic heterocycles. The zero-order chi connectivity index (χ0) is 12.8. The van der Waals surface area contributed by atoms with E-state index in [0.29, 0.717) is 17.9 Å². The van der Waals surface area contributed by atoms with Gasteiger partial charge in [0.25, 0.3) is 0 Å². The Balaban J connectivity index is 2.94. The number of aromatic nitrogens is 2. The lowest BCUT2D eigenvalue weighted by atomic mass is 10.2. The fraction of sp³-hybridized carbons (Fsp3) is 0.667. The van der Waals surface area contributed by atoms with Crippen LogP contribution in [0, 0.1) is 6.92 Å². The summed E-state index contributed by atoms with van der Waals surface area (Å²) in [6, 6.07) is 2.35. The Morgan fingerprint density at radius 3 is 2.71 bits per heavy atom. The fourth-order valence-electron chi connectivity index (χ4n) is 1.63. The molecule has 0 radical (unpaired) electrons. The third-order valence-corrected chi connectivity index (χ3v) is 2.94. The summed E-state index contributed by atoms with van der Waals surface area (Å²) in [4.78, 5) is 10.6. The van der Waals surface area contributed by atoms with Crippen LogP contribution in [-0.4, -0.2) is 36.3 Å². The maximum absolute atomic E-state index is 5.90. The van der Waals surface area contributed by atoms with Gasteiger partial charge in [0.15, 0.2) is 0 Å². The Morgan fingerprint density at radius 2 is 2.18 bits per heavy atom. The van der Waals surface area contributed by atoms with Crippen molar-refractivity contribution in [3.8, 4) is 0 Å². The number of nitrogens with zero attached hydrogens (tertiary/aromatic N) is 3. The summed E-state index contributed by atoms with van der Waals surface area (Å²) in [5.74, 6) is 0.869. The largest absolute Gasteiger partial charge is 0.383 e. The molecule has 96 valence electrons. The highest BCUT2D eigenvalue weighted by Crippen LogP contribution is 2.18. The molecule has 0 aliphatic heterocycles. The number of hydrogen-bond donors (Lipinski definition) is 0. The summed E-state index contributed by atoms with van der Waals surface area (Å²) >= 11 is 5.90. The molecule has 1 aromatic rings. The number of rotatable bonds is 6. The summed E-state index contributed by atoms with van der Waals surface area (Å²) in [5.41, 5.74) is 0.880. The van der Waals surface area contributed by atoms with Crippen LogP contribution in [-0.2, 0) is 4.74 Å². The zero-order valence-electron chi connectivity index (χ0n) is 10.9. The van der Waals surface area contributed by atoms with Crippen molar-refractivity contribution in [3.05, 3.63) is 17.0 Å². The second kappa shape index (κ2) is 6.77. The molecule has 0 aliphatic carbocycles. The monoisotopic (exact) mass is 257 g/mol. The highest BCUT2D eigenvalue weighted by Gasteiger charge is 2.15. The van der Waals surface area contributed by atoms with Crippen molar-refractivity contribution in [2.24, 2.45) is 0 Å². The Labute approximate surface area is 108 Å². The summed E-state index contributed by atoms with van der Waals surface area (Å²) in [7, 11) is 1.70. The van der Waals surface area contributed by atoms with Crippen molar-refractivity contribution in [2.45, 2.75) is 33.2 Å². The maximum Gasteiger partial charge on any atom is 0.224 e. The molecule has 0 fully saturated rings. The van der Waals surface area contributed by atoms with Gasteiger partial charge in [-0.3, -0.25) is 0 Å². The molecule has 0 aromatic carbocycles. The first-order valence-electron chi connectivity index (χ1n) is 5.85. The van der Waals surface area contributed by atoms with Crippen LogP contribution in [0.1, 0.15) is 26.0 Å². The first-order valence-corrected chi connectivity index (χ1v) is 6.23. The minimum Gasteiger partial charge on any atom is -0.383 e. The van der Waals surface area contributed by atoms with Gasteiger partial charge in [-0.2, -0.15) is 0 Å². The van der Waals surface area contributed by atoms with Gasteiger partial charge in [-0.05, 0) is 31.9 Å². The molecule has 0 spiro atoms. The van der Waals surface area contributed by atoms with E-state index >= 15 is 0 Å². The molecule has 0 aliphatic rings. The van der Waals surface area contributed by atoms with E-state index in [1.807, 2.05) is 13.0 Å². The van der Waals surface area contributed by atoms with Crippen molar-refractivity contribution in [1.29, 1.82) is 0 Å². The van der Waals surface area contributed by atoms with E-state index in [0.717, 1.165) is 24.5 Å². The summed E-state index contributed by atoms with van der Waals surface area (Å²) < 4.78 is 5.13. The van der Waals surface area contributed by atoms with Crippen molar-refractivity contribution in [3.63, 3.8) is 0 Å². The molecule has 0 saturated carbocycles. The molecular formula is C12H20ClN3O. The Bertz CT molecular complexity index is 339. The van der Waals surface area contributed by atoms with Crippen LogP contribution < -0.4 is 4.90 Å². The lowest BCUT2D eigenvalue weighted by molar-refractivity contribution is 0.203. The number of aryl methyl sites for hydroxylation is 1. The molecule has 1 heterocycles. The van der Waals surface area contributed by atoms with Crippen LogP contribution in [0.2, 0.25) is 5.28 Å². The number of ether oxygens (including phenoxy) is 1. The third kappa shape index (κ3) is 4.13. The van der Waals surface area contributed by atoms with E-state index in [1.54, 1.807) is 7.11 Å². The minimum atomic E-state index is 0.297. The van der Waals surface area contributed by atoms with Crippen LogP contribution in [0.4, 0.5) is 5.82 Å². The first-order chi connectivity index (χ1) is 8.08.